The van der Waals surface area contributed by atoms with Crippen molar-refractivity contribution >= 4 is 5.91 Å². The third-order valence-corrected chi connectivity index (χ3v) is 5.66. The van der Waals surface area contributed by atoms with Crippen LogP contribution < -0.4 is 10.6 Å². The van der Waals surface area contributed by atoms with Gasteiger partial charge in [-0.2, -0.15) is 18.4 Å². The molecule has 4 nitrogen and oxygen atoms in total. The van der Waals surface area contributed by atoms with E-state index >= 15 is 0 Å². The van der Waals surface area contributed by atoms with Gasteiger partial charge >= 0.3 is 6.18 Å². The van der Waals surface area contributed by atoms with Crippen LogP contribution in [0.4, 0.5) is 17.6 Å². The second-order valence-electron chi connectivity index (χ2n) is 8.25. The molecule has 0 radical (unpaired) electrons. The van der Waals surface area contributed by atoms with Crippen molar-refractivity contribution in [2.75, 3.05) is 0 Å². The average molecular weight is 447 g/mol. The highest BCUT2D eigenvalue weighted by Gasteiger charge is 2.47. The van der Waals surface area contributed by atoms with E-state index in [0.29, 0.717) is 36.0 Å². The number of rotatable bonds is 8. The first-order valence-corrected chi connectivity index (χ1v) is 10.5. The number of amides is 1. The molecule has 1 aliphatic rings. The maximum Gasteiger partial charge on any atom is 0.407 e. The average Bonchev–Trinajstić information content (AvgIpc) is 3.52. The van der Waals surface area contributed by atoms with Gasteiger partial charge in [-0.15, -0.1) is 0 Å². The van der Waals surface area contributed by atoms with E-state index in [1.807, 2.05) is 6.07 Å². The largest absolute Gasteiger partial charge is 0.407 e. The number of hydrogen-bond acceptors (Lipinski definition) is 3. The molecule has 32 heavy (non-hydrogen) atoms. The van der Waals surface area contributed by atoms with E-state index in [2.05, 4.69) is 10.6 Å². The molecule has 1 aliphatic carbocycles. The zero-order valence-electron chi connectivity index (χ0n) is 17.9. The molecule has 0 unspecified atom stereocenters. The van der Waals surface area contributed by atoms with E-state index in [4.69, 9.17) is 5.26 Å². The van der Waals surface area contributed by atoms with Gasteiger partial charge in [-0.05, 0) is 54.5 Å². The van der Waals surface area contributed by atoms with E-state index in [-0.39, 0.29) is 17.8 Å². The summed E-state index contributed by atoms with van der Waals surface area (Å²) in [6.45, 7) is 3.41. The first-order valence-electron chi connectivity index (χ1n) is 10.5. The Balaban J connectivity index is 1.83. The molecule has 0 spiro atoms. The predicted molar refractivity (Wildman–Crippen MR) is 113 cm³/mol. The Morgan fingerprint density at radius 2 is 1.78 bits per heavy atom. The topological polar surface area (TPSA) is 64.9 Å². The number of nitriles is 1. The number of aryl methyl sites for hydroxylation is 1. The summed E-state index contributed by atoms with van der Waals surface area (Å²) in [7, 11) is 0. The number of halogens is 4. The summed E-state index contributed by atoms with van der Waals surface area (Å²) in [5.41, 5.74) is 0.621. The minimum atomic E-state index is -4.64. The van der Waals surface area contributed by atoms with Crippen LogP contribution in [0, 0.1) is 24.1 Å². The van der Waals surface area contributed by atoms with E-state index in [9.17, 15) is 22.4 Å². The van der Waals surface area contributed by atoms with Crippen LogP contribution in [-0.2, 0) is 4.79 Å². The summed E-state index contributed by atoms with van der Waals surface area (Å²) >= 11 is 0. The van der Waals surface area contributed by atoms with Gasteiger partial charge in [0.25, 0.3) is 0 Å². The van der Waals surface area contributed by atoms with Gasteiger partial charge in [0.1, 0.15) is 17.4 Å². The molecule has 2 aromatic rings. The van der Waals surface area contributed by atoms with Crippen LogP contribution in [0.2, 0.25) is 0 Å². The molecule has 170 valence electrons. The van der Waals surface area contributed by atoms with Crippen molar-refractivity contribution in [3.63, 3.8) is 0 Å². The second-order valence-corrected chi connectivity index (χ2v) is 8.25. The fraction of sp³-hybridized carbons (Fsp3) is 0.417. The lowest BCUT2D eigenvalue weighted by molar-refractivity contribution is -0.161. The third kappa shape index (κ3) is 5.46. The maximum atomic E-state index is 13.9. The van der Waals surface area contributed by atoms with Crippen LogP contribution in [0.3, 0.4) is 0 Å². The van der Waals surface area contributed by atoms with Crippen LogP contribution in [0.1, 0.15) is 49.8 Å². The lowest BCUT2D eigenvalue weighted by Crippen LogP contribution is -2.51. The van der Waals surface area contributed by atoms with Crippen molar-refractivity contribution < 1.29 is 22.4 Å². The Bertz CT molecular complexity index is 1010. The lowest BCUT2D eigenvalue weighted by Gasteiger charge is -2.28. The molecule has 0 bridgehead atoms. The number of carbonyl (C=O) groups is 1. The Morgan fingerprint density at radius 3 is 2.28 bits per heavy atom. The predicted octanol–water partition coefficient (Wildman–Crippen LogP) is 5.34. The van der Waals surface area contributed by atoms with Gasteiger partial charge in [0.05, 0.1) is 12.1 Å². The molecule has 0 saturated heterocycles. The molecule has 2 aromatic carbocycles. The molecule has 0 aromatic heterocycles. The van der Waals surface area contributed by atoms with Crippen LogP contribution in [-0.4, -0.2) is 23.7 Å². The molecule has 1 amide bonds. The minimum absolute atomic E-state index is 0.0517. The van der Waals surface area contributed by atoms with Crippen LogP contribution in [0.15, 0.2) is 42.5 Å². The Hall–Kier alpha value is -2.92. The molecular formula is C24H25F4N3O. The molecule has 2 atom stereocenters. The fourth-order valence-corrected chi connectivity index (χ4v) is 3.51. The van der Waals surface area contributed by atoms with Crippen LogP contribution >= 0.6 is 0 Å². The molecule has 3 rings (SSSR count). The Labute approximate surface area is 184 Å². The van der Waals surface area contributed by atoms with E-state index in [1.54, 1.807) is 26.0 Å². The Kier molecular flexibility index (Phi) is 6.89. The highest BCUT2D eigenvalue weighted by Crippen LogP contribution is 2.36. The van der Waals surface area contributed by atoms with E-state index in [0.717, 1.165) is 0 Å². The highest BCUT2D eigenvalue weighted by atomic mass is 19.4. The number of benzene rings is 2. The van der Waals surface area contributed by atoms with Gasteiger partial charge in [0.2, 0.25) is 5.91 Å². The molecule has 2 N–H and O–H groups in total. The summed E-state index contributed by atoms with van der Waals surface area (Å²) in [6.07, 6.45) is -2.96. The van der Waals surface area contributed by atoms with Crippen molar-refractivity contribution in [1.29, 1.82) is 5.26 Å². The monoisotopic (exact) mass is 447 g/mol. The van der Waals surface area contributed by atoms with Crippen molar-refractivity contribution in [2.24, 2.45) is 0 Å². The van der Waals surface area contributed by atoms with Gasteiger partial charge in [-0.1, -0.05) is 49.7 Å². The molecule has 0 aliphatic heterocycles. The van der Waals surface area contributed by atoms with Gasteiger partial charge < -0.3 is 5.32 Å². The standard InChI is InChI=1S/C24H25F4N3O/c1-3-4-20(22(32)31-23(14-29)11-12-23)30-21(24(26,27)28)17-9-7-16(8-10-17)18-6-5-15(2)19(25)13-18/h5-10,13,20-21,30H,3-4,11-12H2,1-2H3,(H,31,32)/t20-,21-/m0/s1. The van der Waals surface area contributed by atoms with E-state index < -0.39 is 29.7 Å². The number of nitrogens with one attached hydrogen (secondary N) is 2. The molecule has 1 fully saturated rings. The third-order valence-electron chi connectivity index (χ3n) is 5.66. The van der Waals surface area contributed by atoms with Crippen LogP contribution in [0.25, 0.3) is 11.1 Å². The summed E-state index contributed by atoms with van der Waals surface area (Å²) in [4.78, 5) is 12.6. The molecule has 0 heterocycles. The number of alkyl halides is 3. The van der Waals surface area contributed by atoms with E-state index in [1.165, 1.54) is 30.3 Å². The van der Waals surface area contributed by atoms with Crippen molar-refractivity contribution in [1.82, 2.24) is 10.6 Å². The van der Waals surface area contributed by atoms with Crippen molar-refractivity contribution in [2.45, 2.75) is 63.3 Å². The van der Waals surface area contributed by atoms with Crippen LogP contribution in [0.5, 0.6) is 0 Å². The number of hydrogen-bond donors (Lipinski definition) is 2. The SMILES string of the molecule is CCC[C@H](N[C@@H](c1ccc(-c2ccc(C)c(F)c2)cc1)C(F)(F)F)C(=O)NC1(C#N)CC1. The summed E-state index contributed by atoms with van der Waals surface area (Å²) in [5, 5.41) is 14.2. The summed E-state index contributed by atoms with van der Waals surface area (Å²) in [6, 6.07) is 9.18. The molecule has 8 heteroatoms. The molecular weight excluding hydrogens is 422 g/mol. The zero-order valence-corrected chi connectivity index (χ0v) is 17.9. The Morgan fingerprint density at radius 1 is 1.16 bits per heavy atom. The van der Waals surface area contributed by atoms with Gasteiger partial charge in [-0.3, -0.25) is 10.1 Å². The fourth-order valence-electron chi connectivity index (χ4n) is 3.51. The van der Waals surface area contributed by atoms with Crippen molar-refractivity contribution in [3.8, 4) is 17.2 Å². The minimum Gasteiger partial charge on any atom is -0.336 e. The second kappa shape index (κ2) is 9.29. The highest BCUT2D eigenvalue weighted by molar-refractivity contribution is 5.83. The maximum absolute atomic E-state index is 13.9. The zero-order chi connectivity index (χ0) is 23.5. The first-order chi connectivity index (χ1) is 15.1. The van der Waals surface area contributed by atoms with Gasteiger partial charge in [-0.25, -0.2) is 4.39 Å². The quantitative estimate of drug-likeness (QED) is 0.537. The molecule has 1 saturated carbocycles. The number of carbonyl (C=O) groups excluding carboxylic acids is 1. The van der Waals surface area contributed by atoms with Crippen molar-refractivity contribution in [3.05, 3.63) is 59.4 Å². The van der Waals surface area contributed by atoms with Gasteiger partial charge in [0, 0.05) is 0 Å². The summed E-state index contributed by atoms with van der Waals surface area (Å²) < 4.78 is 55.6. The first kappa shape index (κ1) is 23.7. The normalized spacial score (nSPS) is 16.7. The smallest absolute Gasteiger partial charge is 0.336 e. The lowest BCUT2D eigenvalue weighted by atomic mass is 9.98. The van der Waals surface area contributed by atoms with Gasteiger partial charge in [0.15, 0.2) is 0 Å². The summed E-state index contributed by atoms with van der Waals surface area (Å²) in [5.74, 6) is -0.993. The number of nitrogens with zero attached hydrogens (tertiary/aromatic N) is 1.